The molecule has 6 heteroatoms. The van der Waals surface area contributed by atoms with E-state index in [0.29, 0.717) is 5.13 Å². The molecule has 0 spiro atoms. The lowest BCUT2D eigenvalue weighted by Gasteiger charge is -1.94. The summed E-state index contributed by atoms with van der Waals surface area (Å²) < 4.78 is 1.05. The van der Waals surface area contributed by atoms with Crippen molar-refractivity contribution in [2.24, 2.45) is 0 Å². The maximum atomic E-state index is 11.6. The van der Waals surface area contributed by atoms with Crippen LogP contribution >= 0.6 is 38.6 Å². The van der Waals surface area contributed by atoms with E-state index < -0.39 is 0 Å². The van der Waals surface area contributed by atoms with Gasteiger partial charge in [0.05, 0.1) is 9.48 Å². The molecule has 2 aromatic rings. The summed E-state index contributed by atoms with van der Waals surface area (Å²) in [6.45, 7) is 1.89. The van der Waals surface area contributed by atoms with Crippen LogP contribution in [-0.4, -0.2) is 10.9 Å². The van der Waals surface area contributed by atoms with Gasteiger partial charge in [-0.1, -0.05) is 0 Å². The number of rotatable bonds is 3. The fraction of sp³-hybridized carbons (Fsp3) is 0.0909. The molecule has 88 valence electrons. The van der Waals surface area contributed by atoms with E-state index in [0.717, 1.165) is 14.4 Å². The Bertz CT molecular complexity index is 559. The van der Waals surface area contributed by atoms with Crippen molar-refractivity contribution in [3.8, 4) is 0 Å². The molecule has 2 heterocycles. The smallest absolute Gasteiger partial charge is 0.250 e. The van der Waals surface area contributed by atoms with Crippen LogP contribution in [-0.2, 0) is 4.79 Å². The van der Waals surface area contributed by atoms with Gasteiger partial charge in [-0.2, -0.15) is 0 Å². The average Bonchev–Trinajstić information content (AvgIpc) is 2.85. The van der Waals surface area contributed by atoms with Gasteiger partial charge in [-0.3, -0.25) is 10.1 Å². The van der Waals surface area contributed by atoms with Gasteiger partial charge >= 0.3 is 0 Å². The number of aryl methyl sites for hydroxylation is 1. The minimum atomic E-state index is -0.163. The Morgan fingerprint density at radius 1 is 1.53 bits per heavy atom. The summed E-state index contributed by atoms with van der Waals surface area (Å²) in [5, 5.41) is 5.24. The van der Waals surface area contributed by atoms with Crippen LogP contribution in [0.4, 0.5) is 5.13 Å². The maximum absolute atomic E-state index is 11.6. The van der Waals surface area contributed by atoms with E-state index in [2.05, 4.69) is 26.2 Å². The number of hydrogen-bond donors (Lipinski definition) is 1. The lowest BCUT2D eigenvalue weighted by atomic mass is 10.4. The van der Waals surface area contributed by atoms with E-state index in [9.17, 15) is 4.79 Å². The molecule has 1 N–H and O–H groups in total. The Kier molecular flexibility index (Phi) is 4.09. The van der Waals surface area contributed by atoms with E-state index in [4.69, 9.17) is 0 Å². The van der Waals surface area contributed by atoms with Crippen LogP contribution in [0.2, 0.25) is 0 Å². The second-order valence-electron chi connectivity index (χ2n) is 3.26. The van der Waals surface area contributed by atoms with Crippen LogP contribution < -0.4 is 5.32 Å². The molecule has 0 unspecified atom stereocenters. The minimum Gasteiger partial charge on any atom is -0.298 e. The average molecular weight is 329 g/mol. The molecule has 2 rings (SSSR count). The second kappa shape index (κ2) is 5.57. The molecule has 0 bridgehead atoms. The summed E-state index contributed by atoms with van der Waals surface area (Å²) in [6, 6.07) is 3.90. The molecule has 0 aliphatic rings. The SMILES string of the molecule is Cc1csc(NC(=O)C=Cc2ccc(Br)s2)n1. The minimum absolute atomic E-state index is 0.163. The van der Waals surface area contributed by atoms with Crippen LogP contribution in [0, 0.1) is 6.92 Å². The molecular formula is C11H9BrN2OS2. The summed E-state index contributed by atoms with van der Waals surface area (Å²) in [5.74, 6) is -0.163. The van der Waals surface area contributed by atoms with Crippen molar-refractivity contribution < 1.29 is 4.79 Å². The predicted molar refractivity (Wildman–Crippen MR) is 76.5 cm³/mol. The molecule has 0 fully saturated rings. The third kappa shape index (κ3) is 3.76. The first-order chi connectivity index (χ1) is 8.13. The lowest BCUT2D eigenvalue weighted by Crippen LogP contribution is -2.07. The Hall–Kier alpha value is -0.980. The lowest BCUT2D eigenvalue weighted by molar-refractivity contribution is -0.111. The van der Waals surface area contributed by atoms with Gasteiger partial charge in [-0.05, 0) is 41.1 Å². The third-order valence-electron chi connectivity index (χ3n) is 1.84. The standard InChI is InChI=1S/C11H9BrN2OS2/c1-7-6-16-11(13-7)14-10(15)5-3-8-2-4-9(12)17-8/h2-6H,1H3,(H,13,14,15). The zero-order valence-corrected chi connectivity index (χ0v) is 12.2. The number of anilines is 1. The molecule has 0 radical (unpaired) electrons. The molecule has 17 heavy (non-hydrogen) atoms. The van der Waals surface area contributed by atoms with Crippen molar-refractivity contribution in [3.05, 3.63) is 37.9 Å². The summed E-state index contributed by atoms with van der Waals surface area (Å²) >= 11 is 6.37. The highest BCUT2D eigenvalue weighted by molar-refractivity contribution is 9.11. The van der Waals surface area contributed by atoms with Crippen LogP contribution in [0.25, 0.3) is 6.08 Å². The van der Waals surface area contributed by atoms with Crippen LogP contribution in [0.3, 0.4) is 0 Å². The molecule has 0 aliphatic heterocycles. The zero-order valence-electron chi connectivity index (χ0n) is 8.94. The molecule has 1 amide bonds. The summed E-state index contributed by atoms with van der Waals surface area (Å²) in [4.78, 5) is 16.8. The van der Waals surface area contributed by atoms with E-state index in [1.54, 1.807) is 17.4 Å². The third-order valence-corrected chi connectivity index (χ3v) is 4.31. The van der Waals surface area contributed by atoms with E-state index in [1.165, 1.54) is 17.4 Å². The second-order valence-corrected chi connectivity index (χ2v) is 6.61. The first-order valence-electron chi connectivity index (χ1n) is 4.80. The van der Waals surface area contributed by atoms with Gasteiger partial charge in [-0.25, -0.2) is 4.98 Å². The molecule has 0 aliphatic carbocycles. The molecule has 2 aromatic heterocycles. The zero-order chi connectivity index (χ0) is 12.3. The monoisotopic (exact) mass is 328 g/mol. The highest BCUT2D eigenvalue weighted by atomic mass is 79.9. The van der Waals surface area contributed by atoms with Crippen LogP contribution in [0.1, 0.15) is 10.6 Å². The number of nitrogens with one attached hydrogen (secondary N) is 1. The van der Waals surface area contributed by atoms with Crippen molar-refractivity contribution in [3.63, 3.8) is 0 Å². The van der Waals surface area contributed by atoms with Crippen LogP contribution in [0.5, 0.6) is 0 Å². The van der Waals surface area contributed by atoms with Crippen molar-refractivity contribution in [2.75, 3.05) is 5.32 Å². The highest BCUT2D eigenvalue weighted by Gasteiger charge is 2.01. The number of aromatic nitrogens is 1. The summed E-state index contributed by atoms with van der Waals surface area (Å²) in [7, 11) is 0. The number of amides is 1. The first-order valence-corrected chi connectivity index (χ1v) is 7.29. The number of halogens is 1. The van der Waals surface area contributed by atoms with Gasteiger partial charge < -0.3 is 0 Å². The largest absolute Gasteiger partial charge is 0.298 e. The molecule has 0 aromatic carbocycles. The van der Waals surface area contributed by atoms with Gasteiger partial charge in [0.25, 0.3) is 0 Å². The summed E-state index contributed by atoms with van der Waals surface area (Å²) in [6.07, 6.45) is 3.29. The van der Waals surface area contributed by atoms with Crippen LogP contribution in [0.15, 0.2) is 27.4 Å². The predicted octanol–water partition coefficient (Wildman–Crippen LogP) is 3.93. The van der Waals surface area contributed by atoms with E-state index in [-0.39, 0.29) is 5.91 Å². The molecule has 3 nitrogen and oxygen atoms in total. The van der Waals surface area contributed by atoms with Crippen molar-refractivity contribution in [2.45, 2.75) is 6.92 Å². The number of carbonyl (C=O) groups excluding carboxylic acids is 1. The Morgan fingerprint density at radius 2 is 2.35 bits per heavy atom. The molecule has 0 atom stereocenters. The summed E-state index contributed by atoms with van der Waals surface area (Å²) in [5.41, 5.74) is 0.913. The quantitative estimate of drug-likeness (QED) is 0.867. The normalized spacial score (nSPS) is 10.9. The van der Waals surface area contributed by atoms with Gasteiger partial charge in [-0.15, -0.1) is 22.7 Å². The molecule has 0 saturated carbocycles. The fourth-order valence-electron chi connectivity index (χ4n) is 1.13. The first kappa shape index (κ1) is 12.5. The molecular weight excluding hydrogens is 320 g/mol. The van der Waals surface area contributed by atoms with E-state index >= 15 is 0 Å². The number of nitrogens with zero attached hydrogens (tertiary/aromatic N) is 1. The Labute approximate surface area is 115 Å². The van der Waals surface area contributed by atoms with Crippen molar-refractivity contribution in [1.82, 2.24) is 4.98 Å². The number of thiophene rings is 1. The Morgan fingerprint density at radius 3 is 2.94 bits per heavy atom. The number of thiazole rings is 1. The fourth-order valence-corrected chi connectivity index (χ4v) is 3.15. The van der Waals surface area contributed by atoms with Gasteiger partial charge in [0.1, 0.15) is 0 Å². The highest BCUT2D eigenvalue weighted by Crippen LogP contribution is 2.23. The Balaban J connectivity index is 1.95. The van der Waals surface area contributed by atoms with E-state index in [1.807, 2.05) is 24.4 Å². The number of carbonyl (C=O) groups is 1. The van der Waals surface area contributed by atoms with Gasteiger partial charge in [0, 0.05) is 16.3 Å². The topological polar surface area (TPSA) is 42.0 Å². The molecule has 0 saturated heterocycles. The van der Waals surface area contributed by atoms with Crippen molar-refractivity contribution in [1.29, 1.82) is 0 Å². The van der Waals surface area contributed by atoms with Crippen molar-refractivity contribution >= 4 is 55.7 Å². The number of hydrogen-bond acceptors (Lipinski definition) is 4. The maximum Gasteiger partial charge on any atom is 0.250 e. The van der Waals surface area contributed by atoms with Gasteiger partial charge in [0.15, 0.2) is 5.13 Å². The van der Waals surface area contributed by atoms with Gasteiger partial charge in [0.2, 0.25) is 5.91 Å².